The molecule has 0 unspecified atom stereocenters. The molecule has 9 heteroatoms. The van der Waals surface area contributed by atoms with Crippen LogP contribution in [0.2, 0.25) is 5.02 Å². The first kappa shape index (κ1) is 25.3. The van der Waals surface area contributed by atoms with E-state index in [4.69, 9.17) is 21.1 Å². The van der Waals surface area contributed by atoms with Gasteiger partial charge >= 0.3 is 0 Å². The Morgan fingerprint density at radius 1 is 1.03 bits per heavy atom. The third-order valence-electron chi connectivity index (χ3n) is 4.62. The summed E-state index contributed by atoms with van der Waals surface area (Å²) in [5.41, 5.74) is 4.64. The number of carbonyl (C=O) groups is 2. The van der Waals surface area contributed by atoms with Crippen LogP contribution >= 0.6 is 27.5 Å². The van der Waals surface area contributed by atoms with Crippen molar-refractivity contribution in [1.82, 2.24) is 5.43 Å². The highest BCUT2D eigenvalue weighted by molar-refractivity contribution is 9.10. The van der Waals surface area contributed by atoms with E-state index in [0.717, 1.165) is 5.56 Å². The Morgan fingerprint density at radius 2 is 1.74 bits per heavy atom. The van der Waals surface area contributed by atoms with Gasteiger partial charge in [0, 0.05) is 29.1 Å². The molecule has 0 aromatic heterocycles. The van der Waals surface area contributed by atoms with Crippen LogP contribution in [0.25, 0.3) is 0 Å². The van der Waals surface area contributed by atoms with Crippen LogP contribution in [0, 0.1) is 0 Å². The van der Waals surface area contributed by atoms with Gasteiger partial charge in [0.05, 0.1) is 17.8 Å². The average Bonchev–Trinajstić information content (AvgIpc) is 2.83. The van der Waals surface area contributed by atoms with Crippen molar-refractivity contribution in [2.75, 3.05) is 12.4 Å². The molecule has 176 valence electrons. The summed E-state index contributed by atoms with van der Waals surface area (Å²) in [6.45, 7) is 0.274. The van der Waals surface area contributed by atoms with E-state index < -0.39 is 0 Å². The lowest BCUT2D eigenvalue weighted by Gasteiger charge is -2.14. The van der Waals surface area contributed by atoms with Crippen LogP contribution in [0.4, 0.5) is 5.69 Å². The third kappa shape index (κ3) is 7.60. The molecule has 2 amide bonds. The molecular weight excluding hydrogens is 522 g/mol. The second kappa shape index (κ2) is 12.8. The molecule has 0 heterocycles. The Bertz CT molecular complexity index is 1170. The molecule has 34 heavy (non-hydrogen) atoms. The summed E-state index contributed by atoms with van der Waals surface area (Å²) in [5.74, 6) is 0.399. The number of hydrogen-bond acceptors (Lipinski definition) is 5. The number of halogens is 2. The van der Waals surface area contributed by atoms with E-state index in [1.165, 1.54) is 13.3 Å². The van der Waals surface area contributed by atoms with Gasteiger partial charge in [-0.25, -0.2) is 5.43 Å². The summed E-state index contributed by atoms with van der Waals surface area (Å²) >= 11 is 9.68. The number of hydrogen-bond donors (Lipinski definition) is 2. The van der Waals surface area contributed by atoms with Gasteiger partial charge in [0.15, 0.2) is 11.5 Å². The number of methoxy groups -OCH3 is 1. The first-order valence-corrected chi connectivity index (χ1v) is 11.5. The van der Waals surface area contributed by atoms with Crippen LogP contribution in [0.1, 0.15) is 24.0 Å². The first-order valence-electron chi connectivity index (χ1n) is 10.4. The maximum atomic E-state index is 12.0. The lowest BCUT2D eigenvalue weighted by atomic mass is 10.2. The number of amides is 2. The van der Waals surface area contributed by atoms with Crippen molar-refractivity contribution < 1.29 is 19.1 Å². The summed E-state index contributed by atoms with van der Waals surface area (Å²) in [6.07, 6.45) is 1.54. The van der Waals surface area contributed by atoms with E-state index in [-0.39, 0.29) is 31.3 Å². The lowest BCUT2D eigenvalue weighted by molar-refractivity contribution is -0.124. The average molecular weight is 545 g/mol. The van der Waals surface area contributed by atoms with Gasteiger partial charge < -0.3 is 14.8 Å². The number of para-hydroxylation sites is 1. The van der Waals surface area contributed by atoms with Gasteiger partial charge in [-0.3, -0.25) is 9.59 Å². The van der Waals surface area contributed by atoms with Crippen molar-refractivity contribution >= 4 is 51.2 Å². The van der Waals surface area contributed by atoms with Crippen LogP contribution in [-0.4, -0.2) is 25.1 Å². The van der Waals surface area contributed by atoms with Gasteiger partial charge in [0.1, 0.15) is 6.61 Å². The molecule has 3 aromatic rings. The van der Waals surface area contributed by atoms with E-state index in [0.29, 0.717) is 32.2 Å². The zero-order valence-corrected chi connectivity index (χ0v) is 20.7. The fourth-order valence-electron chi connectivity index (χ4n) is 2.93. The van der Waals surface area contributed by atoms with Crippen molar-refractivity contribution in [3.05, 3.63) is 87.4 Å². The molecule has 0 saturated heterocycles. The number of benzene rings is 3. The maximum Gasteiger partial charge on any atom is 0.240 e. The van der Waals surface area contributed by atoms with Crippen LogP contribution in [0.5, 0.6) is 11.5 Å². The standard InChI is InChI=1S/C25H23BrClN3O4/c1-33-22-14-17(13-20(26)25(22)34-16-18-7-5-6-10-21(18)27)15-28-30-24(32)12-11-23(31)29-19-8-3-2-4-9-19/h2-10,13-15H,11-12,16H2,1H3,(H,29,31)(H,30,32). The molecule has 0 atom stereocenters. The van der Waals surface area contributed by atoms with Crippen molar-refractivity contribution in [3.8, 4) is 11.5 Å². The largest absolute Gasteiger partial charge is 0.493 e. The molecule has 0 aliphatic rings. The summed E-state index contributed by atoms with van der Waals surface area (Å²) in [6, 6.07) is 20.0. The normalized spacial score (nSPS) is 10.7. The van der Waals surface area contributed by atoms with Gasteiger partial charge in [0.25, 0.3) is 0 Å². The zero-order chi connectivity index (χ0) is 24.3. The van der Waals surface area contributed by atoms with E-state index in [1.54, 1.807) is 30.3 Å². The molecule has 2 N–H and O–H groups in total. The van der Waals surface area contributed by atoms with E-state index >= 15 is 0 Å². The number of nitrogens with zero attached hydrogens (tertiary/aromatic N) is 1. The second-order valence-electron chi connectivity index (χ2n) is 7.12. The summed E-state index contributed by atoms with van der Waals surface area (Å²) in [7, 11) is 1.54. The Labute approximate surface area is 211 Å². The minimum absolute atomic E-state index is 0.0118. The van der Waals surface area contributed by atoms with Crippen LogP contribution < -0.4 is 20.2 Å². The Kier molecular flexibility index (Phi) is 9.49. The molecular formula is C25H23BrClN3O4. The Balaban J connectivity index is 1.52. The second-order valence-corrected chi connectivity index (χ2v) is 8.38. The van der Waals surface area contributed by atoms with E-state index in [1.807, 2.05) is 36.4 Å². The molecule has 3 aromatic carbocycles. The quantitative estimate of drug-likeness (QED) is 0.258. The lowest BCUT2D eigenvalue weighted by Crippen LogP contribution is -2.20. The predicted octanol–water partition coefficient (Wildman–Crippen LogP) is 5.56. The Morgan fingerprint density at radius 3 is 2.47 bits per heavy atom. The number of nitrogens with one attached hydrogen (secondary N) is 2. The van der Waals surface area contributed by atoms with Crippen molar-refractivity contribution in [2.45, 2.75) is 19.4 Å². The first-order chi connectivity index (χ1) is 16.5. The molecule has 0 bridgehead atoms. The predicted molar refractivity (Wildman–Crippen MR) is 137 cm³/mol. The highest BCUT2D eigenvalue weighted by atomic mass is 79.9. The SMILES string of the molecule is COc1cc(C=NNC(=O)CCC(=O)Nc2ccccc2)cc(Br)c1OCc1ccccc1Cl. The number of ether oxygens (including phenoxy) is 2. The highest BCUT2D eigenvalue weighted by Gasteiger charge is 2.13. The van der Waals surface area contributed by atoms with Gasteiger partial charge in [-0.1, -0.05) is 48.0 Å². The van der Waals surface area contributed by atoms with Crippen molar-refractivity contribution in [3.63, 3.8) is 0 Å². The molecule has 0 fully saturated rings. The molecule has 0 aliphatic heterocycles. The number of carbonyl (C=O) groups excluding carboxylic acids is 2. The number of hydrazone groups is 1. The Hall–Kier alpha value is -3.36. The molecule has 0 radical (unpaired) electrons. The van der Waals surface area contributed by atoms with Gasteiger partial charge in [0.2, 0.25) is 11.8 Å². The fourth-order valence-corrected chi connectivity index (χ4v) is 3.69. The van der Waals surface area contributed by atoms with E-state index in [2.05, 4.69) is 31.8 Å². The fraction of sp³-hybridized carbons (Fsp3) is 0.160. The molecule has 0 saturated carbocycles. The number of anilines is 1. The molecule has 0 spiro atoms. The summed E-state index contributed by atoms with van der Waals surface area (Å²) in [5, 5.41) is 7.32. The van der Waals surface area contributed by atoms with Crippen molar-refractivity contribution in [2.24, 2.45) is 5.10 Å². The van der Waals surface area contributed by atoms with Gasteiger partial charge in [-0.05, 0) is 51.8 Å². The zero-order valence-electron chi connectivity index (χ0n) is 18.4. The smallest absolute Gasteiger partial charge is 0.240 e. The van der Waals surface area contributed by atoms with Crippen molar-refractivity contribution in [1.29, 1.82) is 0 Å². The summed E-state index contributed by atoms with van der Waals surface area (Å²) in [4.78, 5) is 24.0. The monoisotopic (exact) mass is 543 g/mol. The maximum absolute atomic E-state index is 12.0. The van der Waals surface area contributed by atoms with Crippen LogP contribution in [-0.2, 0) is 16.2 Å². The third-order valence-corrected chi connectivity index (χ3v) is 5.58. The molecule has 0 aliphatic carbocycles. The van der Waals surface area contributed by atoms with Gasteiger partial charge in [-0.15, -0.1) is 0 Å². The van der Waals surface area contributed by atoms with E-state index in [9.17, 15) is 9.59 Å². The van der Waals surface area contributed by atoms with Gasteiger partial charge in [-0.2, -0.15) is 5.10 Å². The van der Waals surface area contributed by atoms with Crippen LogP contribution in [0.3, 0.4) is 0 Å². The van der Waals surface area contributed by atoms with Crippen LogP contribution in [0.15, 0.2) is 76.3 Å². The minimum Gasteiger partial charge on any atom is -0.493 e. The number of rotatable bonds is 10. The summed E-state index contributed by atoms with van der Waals surface area (Å²) < 4.78 is 12.0. The molecule has 3 rings (SSSR count). The molecule has 7 nitrogen and oxygen atoms in total. The highest BCUT2D eigenvalue weighted by Crippen LogP contribution is 2.37. The minimum atomic E-state index is -0.370. The topological polar surface area (TPSA) is 89.0 Å².